The van der Waals surface area contributed by atoms with Crippen LogP contribution in [0, 0.1) is 0 Å². The van der Waals surface area contributed by atoms with Crippen LogP contribution in [0.25, 0.3) is 0 Å². The van der Waals surface area contributed by atoms with Crippen LogP contribution in [0.15, 0.2) is 23.1 Å². The smallest absolute Gasteiger partial charge is 0.294 e. The Kier molecular flexibility index (Phi) is 3.04. The second-order valence-electron chi connectivity index (χ2n) is 2.97. The minimum Gasteiger partial charge on any atom is -0.384 e. The molecule has 14 heavy (non-hydrogen) atoms. The predicted molar refractivity (Wildman–Crippen MR) is 55.7 cm³/mol. The molecule has 1 aromatic carbocycles. The van der Waals surface area contributed by atoms with E-state index in [1.165, 1.54) is 12.1 Å². The monoisotopic (exact) mass is 235 g/mol. The van der Waals surface area contributed by atoms with Crippen molar-refractivity contribution in [2.24, 2.45) is 0 Å². The standard InChI is InChI=1S/C8H9NO3S.ClH/c10-13(11,12)7-1-2-8-6(5-7)3-4-9-8;/h1-2,5,9H,3-4H2,(H,10,11,12);1H. The summed E-state index contributed by atoms with van der Waals surface area (Å²) < 4.78 is 30.3. The van der Waals surface area contributed by atoms with Crippen molar-refractivity contribution in [1.82, 2.24) is 0 Å². The maximum absolute atomic E-state index is 10.8. The second-order valence-corrected chi connectivity index (χ2v) is 4.39. The van der Waals surface area contributed by atoms with Crippen molar-refractivity contribution in [2.75, 3.05) is 11.9 Å². The van der Waals surface area contributed by atoms with E-state index in [0.29, 0.717) is 0 Å². The largest absolute Gasteiger partial charge is 0.384 e. The maximum atomic E-state index is 10.8. The number of benzene rings is 1. The number of hydrogen-bond donors (Lipinski definition) is 2. The van der Waals surface area contributed by atoms with Gasteiger partial charge in [0.1, 0.15) is 0 Å². The highest BCUT2D eigenvalue weighted by Gasteiger charge is 2.15. The van der Waals surface area contributed by atoms with Crippen LogP contribution in [0.4, 0.5) is 5.69 Å². The molecule has 0 bridgehead atoms. The van der Waals surface area contributed by atoms with Gasteiger partial charge < -0.3 is 5.32 Å². The van der Waals surface area contributed by atoms with E-state index >= 15 is 0 Å². The minimum atomic E-state index is -4.05. The highest BCUT2D eigenvalue weighted by Crippen LogP contribution is 2.24. The van der Waals surface area contributed by atoms with Gasteiger partial charge in [0.25, 0.3) is 10.1 Å². The lowest BCUT2D eigenvalue weighted by atomic mass is 10.2. The Morgan fingerprint density at radius 3 is 2.71 bits per heavy atom. The molecule has 0 radical (unpaired) electrons. The second kappa shape index (κ2) is 3.76. The Labute approximate surface area is 88.5 Å². The topological polar surface area (TPSA) is 66.4 Å². The molecular formula is C8H10ClNO3S. The van der Waals surface area contributed by atoms with Crippen LogP contribution in [0.5, 0.6) is 0 Å². The summed E-state index contributed by atoms with van der Waals surface area (Å²) in [5.41, 5.74) is 1.89. The summed E-state index contributed by atoms with van der Waals surface area (Å²) in [5, 5.41) is 3.10. The molecule has 0 spiro atoms. The van der Waals surface area contributed by atoms with Crippen molar-refractivity contribution >= 4 is 28.2 Å². The van der Waals surface area contributed by atoms with Crippen LogP contribution in [0.2, 0.25) is 0 Å². The first-order chi connectivity index (χ1) is 6.07. The van der Waals surface area contributed by atoms with E-state index in [0.717, 1.165) is 24.2 Å². The zero-order valence-corrected chi connectivity index (χ0v) is 8.86. The van der Waals surface area contributed by atoms with Crippen LogP contribution in [-0.4, -0.2) is 19.5 Å². The molecule has 0 amide bonds. The number of anilines is 1. The first-order valence-electron chi connectivity index (χ1n) is 3.92. The van der Waals surface area contributed by atoms with Gasteiger partial charge in [-0.2, -0.15) is 8.42 Å². The van der Waals surface area contributed by atoms with Gasteiger partial charge in [0.05, 0.1) is 4.90 Å². The first kappa shape index (κ1) is 11.3. The fourth-order valence-corrected chi connectivity index (χ4v) is 1.97. The quantitative estimate of drug-likeness (QED) is 0.721. The van der Waals surface area contributed by atoms with Crippen LogP contribution in [0.3, 0.4) is 0 Å². The van der Waals surface area contributed by atoms with Crippen molar-refractivity contribution in [1.29, 1.82) is 0 Å². The highest BCUT2D eigenvalue weighted by molar-refractivity contribution is 7.85. The highest BCUT2D eigenvalue weighted by atomic mass is 35.5. The molecule has 1 aliphatic rings. The zero-order valence-electron chi connectivity index (χ0n) is 7.23. The lowest BCUT2D eigenvalue weighted by Gasteiger charge is -2.01. The Balaban J connectivity index is 0.000000980. The summed E-state index contributed by atoms with van der Waals surface area (Å²) in [4.78, 5) is -0.0325. The van der Waals surface area contributed by atoms with Crippen molar-refractivity contribution in [3.63, 3.8) is 0 Å². The molecule has 0 aromatic heterocycles. The van der Waals surface area contributed by atoms with Crippen LogP contribution in [-0.2, 0) is 16.5 Å². The number of rotatable bonds is 1. The van der Waals surface area contributed by atoms with Crippen LogP contribution < -0.4 is 5.32 Å². The van der Waals surface area contributed by atoms with Crippen molar-refractivity contribution in [3.05, 3.63) is 23.8 Å². The third-order valence-electron chi connectivity index (χ3n) is 2.08. The van der Waals surface area contributed by atoms with E-state index in [9.17, 15) is 8.42 Å². The predicted octanol–water partition coefficient (Wildman–Crippen LogP) is 1.32. The van der Waals surface area contributed by atoms with Crippen LogP contribution >= 0.6 is 12.4 Å². The van der Waals surface area contributed by atoms with Gasteiger partial charge in [0.15, 0.2) is 0 Å². The van der Waals surface area contributed by atoms with E-state index in [1.54, 1.807) is 6.07 Å². The Hall–Kier alpha value is -0.780. The van der Waals surface area contributed by atoms with Gasteiger partial charge in [-0.05, 0) is 30.2 Å². The molecule has 0 saturated carbocycles. The third-order valence-corrected chi connectivity index (χ3v) is 2.93. The molecule has 1 heterocycles. The molecule has 4 nitrogen and oxygen atoms in total. The zero-order chi connectivity index (χ0) is 9.47. The average Bonchev–Trinajstić information content (AvgIpc) is 2.47. The summed E-state index contributed by atoms with van der Waals surface area (Å²) in [7, 11) is -4.05. The molecule has 0 atom stereocenters. The van der Waals surface area contributed by atoms with E-state index in [2.05, 4.69) is 5.32 Å². The van der Waals surface area contributed by atoms with Gasteiger partial charge in [-0.15, -0.1) is 12.4 Å². The molecule has 0 saturated heterocycles. The van der Waals surface area contributed by atoms with E-state index in [1.807, 2.05) is 0 Å². The van der Waals surface area contributed by atoms with Gasteiger partial charge in [-0.3, -0.25) is 4.55 Å². The molecule has 6 heteroatoms. The average molecular weight is 236 g/mol. The van der Waals surface area contributed by atoms with Gasteiger partial charge in [0, 0.05) is 12.2 Å². The van der Waals surface area contributed by atoms with E-state index in [4.69, 9.17) is 4.55 Å². The molecule has 1 aromatic rings. The molecule has 78 valence electrons. The number of halogens is 1. The van der Waals surface area contributed by atoms with Crippen LogP contribution in [0.1, 0.15) is 5.56 Å². The Morgan fingerprint density at radius 1 is 1.36 bits per heavy atom. The Morgan fingerprint density at radius 2 is 2.07 bits per heavy atom. The van der Waals surface area contributed by atoms with Crippen molar-refractivity contribution in [2.45, 2.75) is 11.3 Å². The fourth-order valence-electron chi connectivity index (χ4n) is 1.44. The summed E-state index contributed by atoms with van der Waals surface area (Å²) in [6.07, 6.45) is 0.804. The maximum Gasteiger partial charge on any atom is 0.294 e. The van der Waals surface area contributed by atoms with Gasteiger partial charge in [-0.25, -0.2) is 0 Å². The number of nitrogens with one attached hydrogen (secondary N) is 1. The molecular weight excluding hydrogens is 226 g/mol. The molecule has 0 unspecified atom stereocenters. The molecule has 2 rings (SSSR count). The number of hydrogen-bond acceptors (Lipinski definition) is 3. The summed E-state index contributed by atoms with van der Waals surface area (Å²) in [5.74, 6) is 0. The summed E-state index contributed by atoms with van der Waals surface area (Å²) in [6.45, 7) is 0.824. The molecule has 0 fully saturated rings. The molecule has 2 N–H and O–H groups in total. The van der Waals surface area contributed by atoms with E-state index in [-0.39, 0.29) is 17.3 Å². The van der Waals surface area contributed by atoms with Gasteiger partial charge in [-0.1, -0.05) is 0 Å². The minimum absolute atomic E-state index is 0. The normalized spacial score (nSPS) is 14.1. The lowest BCUT2D eigenvalue weighted by molar-refractivity contribution is 0.483. The molecule has 0 aliphatic carbocycles. The molecule has 1 aliphatic heterocycles. The fraction of sp³-hybridized carbons (Fsp3) is 0.250. The summed E-state index contributed by atoms with van der Waals surface area (Å²) >= 11 is 0. The van der Waals surface area contributed by atoms with Gasteiger partial charge in [0.2, 0.25) is 0 Å². The third kappa shape index (κ3) is 2.00. The van der Waals surface area contributed by atoms with Crippen molar-refractivity contribution < 1.29 is 13.0 Å². The van der Waals surface area contributed by atoms with E-state index < -0.39 is 10.1 Å². The first-order valence-corrected chi connectivity index (χ1v) is 5.36. The van der Waals surface area contributed by atoms with Crippen molar-refractivity contribution in [3.8, 4) is 0 Å². The van der Waals surface area contributed by atoms with Gasteiger partial charge >= 0.3 is 0 Å². The lowest BCUT2D eigenvalue weighted by Crippen LogP contribution is -1.98. The summed E-state index contributed by atoms with van der Waals surface area (Å²) in [6, 6.07) is 4.57. The Bertz CT molecular complexity index is 444. The SMILES string of the molecule is Cl.O=S(=O)(O)c1ccc2c(c1)CCN2. The number of fused-ring (bicyclic) bond motifs is 1.